The second-order valence-electron chi connectivity index (χ2n) is 4.48. The van der Waals surface area contributed by atoms with Gasteiger partial charge in [-0.3, -0.25) is 9.88 Å². The maximum Gasteiger partial charge on any atom is 0.0874 e. The fourth-order valence-corrected chi connectivity index (χ4v) is 2.10. The summed E-state index contributed by atoms with van der Waals surface area (Å²) in [4.78, 5) is 6.59. The van der Waals surface area contributed by atoms with Gasteiger partial charge in [-0.25, -0.2) is 0 Å². The predicted molar refractivity (Wildman–Crippen MR) is 74.1 cm³/mol. The summed E-state index contributed by atoms with van der Waals surface area (Å²) in [6.07, 6.45) is 3.90. The normalized spacial score (nSPS) is 20.7. The van der Waals surface area contributed by atoms with Crippen LogP contribution < -0.4 is 10.6 Å². The van der Waals surface area contributed by atoms with E-state index in [0.29, 0.717) is 0 Å². The van der Waals surface area contributed by atoms with Crippen molar-refractivity contribution in [2.75, 3.05) is 50.5 Å². The zero-order valence-electron chi connectivity index (χ0n) is 11.1. The summed E-state index contributed by atoms with van der Waals surface area (Å²) in [5.41, 5.74) is 2.04. The number of nitrogens with one attached hydrogen (secondary N) is 2. The summed E-state index contributed by atoms with van der Waals surface area (Å²) in [6.45, 7) is 6.99. The van der Waals surface area contributed by atoms with E-state index in [1.54, 1.807) is 6.20 Å². The van der Waals surface area contributed by atoms with Crippen LogP contribution in [0.3, 0.4) is 0 Å². The number of ether oxygens (including phenoxy) is 1. The van der Waals surface area contributed by atoms with Crippen LogP contribution >= 0.6 is 0 Å². The Morgan fingerprint density at radius 3 is 3.06 bits per heavy atom. The molecular weight excluding hydrogens is 228 g/mol. The van der Waals surface area contributed by atoms with Crippen molar-refractivity contribution in [3.8, 4) is 0 Å². The molecule has 5 heteroatoms. The number of pyridine rings is 1. The Hall–Kier alpha value is -1.33. The fourth-order valence-electron chi connectivity index (χ4n) is 2.10. The maximum atomic E-state index is 5.75. The van der Waals surface area contributed by atoms with E-state index < -0.39 is 0 Å². The van der Waals surface area contributed by atoms with Crippen LogP contribution in [0.5, 0.6) is 0 Å². The number of rotatable bonds is 5. The Balaban J connectivity index is 1.83. The van der Waals surface area contributed by atoms with Crippen LogP contribution in [-0.4, -0.2) is 55.8 Å². The van der Waals surface area contributed by atoms with Crippen LogP contribution in [0, 0.1) is 0 Å². The molecule has 0 saturated carbocycles. The van der Waals surface area contributed by atoms with Crippen LogP contribution in [0.15, 0.2) is 18.5 Å². The first-order chi connectivity index (χ1) is 8.81. The monoisotopic (exact) mass is 250 g/mol. The van der Waals surface area contributed by atoms with Crippen LogP contribution in [0.1, 0.15) is 6.92 Å². The number of aromatic nitrogens is 1. The minimum Gasteiger partial charge on any atom is -0.387 e. The van der Waals surface area contributed by atoms with E-state index in [2.05, 4.69) is 27.4 Å². The molecule has 2 N–H and O–H groups in total. The second kappa shape index (κ2) is 6.56. The smallest absolute Gasteiger partial charge is 0.0874 e. The van der Waals surface area contributed by atoms with E-state index in [4.69, 9.17) is 4.74 Å². The van der Waals surface area contributed by atoms with Gasteiger partial charge in [0.05, 0.1) is 36.5 Å². The van der Waals surface area contributed by atoms with Gasteiger partial charge in [-0.2, -0.15) is 0 Å². The van der Waals surface area contributed by atoms with Gasteiger partial charge in [-0.05, 0) is 12.6 Å². The van der Waals surface area contributed by atoms with E-state index in [9.17, 15) is 0 Å². The van der Waals surface area contributed by atoms with Gasteiger partial charge in [-0.15, -0.1) is 0 Å². The number of nitrogens with zero attached hydrogens (tertiary/aromatic N) is 2. The molecule has 1 saturated heterocycles. The van der Waals surface area contributed by atoms with E-state index >= 15 is 0 Å². The number of hydrogen-bond donors (Lipinski definition) is 2. The van der Waals surface area contributed by atoms with E-state index in [-0.39, 0.29) is 6.10 Å². The Kier molecular flexibility index (Phi) is 4.78. The molecule has 1 aromatic rings. The molecule has 2 heterocycles. The number of likely N-dealkylation sites (N-methyl/N-ethyl adjacent to an activating group) is 1. The Labute approximate surface area is 109 Å². The lowest BCUT2D eigenvalue weighted by atomic mass is 10.2. The molecule has 1 atom stereocenters. The zero-order valence-corrected chi connectivity index (χ0v) is 11.1. The van der Waals surface area contributed by atoms with Gasteiger partial charge >= 0.3 is 0 Å². The SMILES string of the molecule is CCN1CCOC(CNc2cncc(NC)c2)C1. The van der Waals surface area contributed by atoms with E-state index in [1.807, 2.05) is 19.3 Å². The first kappa shape index (κ1) is 13.1. The van der Waals surface area contributed by atoms with Crippen molar-refractivity contribution in [2.24, 2.45) is 0 Å². The zero-order chi connectivity index (χ0) is 12.8. The van der Waals surface area contributed by atoms with Crippen LogP contribution in [0.4, 0.5) is 11.4 Å². The number of anilines is 2. The average Bonchev–Trinajstić information content (AvgIpc) is 2.45. The molecule has 0 spiro atoms. The fraction of sp³-hybridized carbons (Fsp3) is 0.615. The lowest BCUT2D eigenvalue weighted by Crippen LogP contribution is -2.45. The molecule has 100 valence electrons. The molecule has 1 aromatic heterocycles. The molecule has 0 radical (unpaired) electrons. The van der Waals surface area contributed by atoms with Crippen molar-refractivity contribution in [3.05, 3.63) is 18.5 Å². The lowest BCUT2D eigenvalue weighted by molar-refractivity contribution is -0.0191. The van der Waals surface area contributed by atoms with Gasteiger partial charge in [0.1, 0.15) is 0 Å². The Morgan fingerprint density at radius 2 is 2.28 bits per heavy atom. The van der Waals surface area contributed by atoms with Crippen molar-refractivity contribution < 1.29 is 4.74 Å². The summed E-state index contributed by atoms with van der Waals surface area (Å²) in [7, 11) is 1.89. The molecule has 0 aromatic carbocycles. The van der Waals surface area contributed by atoms with Crippen LogP contribution in [-0.2, 0) is 4.74 Å². The lowest BCUT2D eigenvalue weighted by Gasteiger charge is -2.32. The van der Waals surface area contributed by atoms with Crippen LogP contribution in [0.2, 0.25) is 0 Å². The quantitative estimate of drug-likeness (QED) is 0.824. The van der Waals surface area contributed by atoms with E-state index in [1.165, 1.54) is 0 Å². The molecule has 0 bridgehead atoms. The second-order valence-corrected chi connectivity index (χ2v) is 4.48. The molecule has 18 heavy (non-hydrogen) atoms. The van der Waals surface area contributed by atoms with Gasteiger partial charge in [0.15, 0.2) is 0 Å². The predicted octanol–water partition coefficient (Wildman–Crippen LogP) is 1.26. The molecule has 5 nitrogen and oxygen atoms in total. The molecule has 2 rings (SSSR count). The van der Waals surface area contributed by atoms with Crippen molar-refractivity contribution in [1.29, 1.82) is 0 Å². The third-order valence-electron chi connectivity index (χ3n) is 3.23. The highest BCUT2D eigenvalue weighted by molar-refractivity contribution is 5.53. The molecule has 1 aliphatic heterocycles. The summed E-state index contributed by atoms with van der Waals surface area (Å²) < 4.78 is 5.75. The average molecular weight is 250 g/mol. The third kappa shape index (κ3) is 3.58. The van der Waals surface area contributed by atoms with Crippen LogP contribution in [0.25, 0.3) is 0 Å². The molecule has 1 unspecified atom stereocenters. The van der Waals surface area contributed by atoms with Crippen molar-refractivity contribution in [2.45, 2.75) is 13.0 Å². The molecule has 1 fully saturated rings. The summed E-state index contributed by atoms with van der Waals surface area (Å²) in [5, 5.41) is 6.46. The Morgan fingerprint density at radius 1 is 1.44 bits per heavy atom. The standard InChI is InChI=1S/C13H22N4O/c1-3-17-4-5-18-13(10-17)9-16-12-6-11(14-2)7-15-8-12/h6-8,13-14,16H,3-5,9-10H2,1-2H3. The third-order valence-corrected chi connectivity index (χ3v) is 3.23. The minimum atomic E-state index is 0.261. The summed E-state index contributed by atoms with van der Waals surface area (Å²) >= 11 is 0. The topological polar surface area (TPSA) is 49.4 Å². The number of hydrogen-bond acceptors (Lipinski definition) is 5. The van der Waals surface area contributed by atoms with Gasteiger partial charge in [0.25, 0.3) is 0 Å². The Bertz CT molecular complexity index is 372. The molecule has 1 aliphatic rings. The van der Waals surface area contributed by atoms with Crippen molar-refractivity contribution in [1.82, 2.24) is 9.88 Å². The highest BCUT2D eigenvalue weighted by atomic mass is 16.5. The molecule has 0 amide bonds. The van der Waals surface area contributed by atoms with Gasteiger partial charge in [0.2, 0.25) is 0 Å². The highest BCUT2D eigenvalue weighted by Crippen LogP contribution is 2.13. The molecular formula is C13H22N4O. The summed E-state index contributed by atoms with van der Waals surface area (Å²) in [5.74, 6) is 0. The summed E-state index contributed by atoms with van der Waals surface area (Å²) in [6, 6.07) is 2.05. The van der Waals surface area contributed by atoms with Gasteiger partial charge < -0.3 is 15.4 Å². The van der Waals surface area contributed by atoms with Gasteiger partial charge in [-0.1, -0.05) is 6.92 Å². The van der Waals surface area contributed by atoms with Gasteiger partial charge in [0, 0.05) is 26.7 Å². The number of morpholine rings is 1. The highest BCUT2D eigenvalue weighted by Gasteiger charge is 2.18. The first-order valence-electron chi connectivity index (χ1n) is 6.52. The molecule has 0 aliphatic carbocycles. The van der Waals surface area contributed by atoms with E-state index in [0.717, 1.165) is 44.2 Å². The maximum absolute atomic E-state index is 5.75. The van der Waals surface area contributed by atoms with Crippen molar-refractivity contribution in [3.63, 3.8) is 0 Å². The first-order valence-corrected chi connectivity index (χ1v) is 6.52. The minimum absolute atomic E-state index is 0.261. The van der Waals surface area contributed by atoms with Crippen molar-refractivity contribution >= 4 is 11.4 Å². The largest absolute Gasteiger partial charge is 0.387 e.